The normalized spacial score (nSPS) is 17.5. The van der Waals surface area contributed by atoms with Crippen LogP contribution in [-0.4, -0.2) is 25.0 Å². The summed E-state index contributed by atoms with van der Waals surface area (Å²) in [4.78, 5) is 4.44. The van der Waals surface area contributed by atoms with Gasteiger partial charge >= 0.3 is 0 Å². The molecule has 1 atom stereocenters. The molecule has 2 rings (SSSR count). The van der Waals surface area contributed by atoms with E-state index >= 15 is 0 Å². The average molecular weight is 309 g/mol. The highest BCUT2D eigenvalue weighted by Gasteiger charge is 2.20. The van der Waals surface area contributed by atoms with Crippen LogP contribution in [0.3, 0.4) is 0 Å². The molecule has 1 unspecified atom stereocenters. The Morgan fingerprint density at radius 2 is 2.00 bits per heavy atom. The molecule has 3 nitrogen and oxygen atoms in total. The summed E-state index contributed by atoms with van der Waals surface area (Å²) < 4.78 is 10.8. The van der Waals surface area contributed by atoms with Gasteiger partial charge in [0.25, 0.3) is 0 Å². The van der Waals surface area contributed by atoms with E-state index in [1.54, 1.807) is 20.4 Å². The van der Waals surface area contributed by atoms with Gasteiger partial charge in [-0.15, -0.1) is 0 Å². The molecule has 1 aliphatic carbocycles. The molecular weight excluding hydrogens is 282 g/mol. The lowest BCUT2D eigenvalue weighted by atomic mass is 9.82. The highest BCUT2D eigenvalue weighted by atomic mass is 32.2. The zero-order chi connectivity index (χ0) is 15.1. The van der Waals surface area contributed by atoms with Gasteiger partial charge < -0.3 is 9.47 Å². The summed E-state index contributed by atoms with van der Waals surface area (Å²) in [6.07, 6.45) is 8.91. The number of thioether (sulfide) groups is 1. The average Bonchev–Trinajstić information content (AvgIpc) is 2.55. The van der Waals surface area contributed by atoms with Crippen LogP contribution in [0.2, 0.25) is 0 Å². The van der Waals surface area contributed by atoms with Gasteiger partial charge in [0.2, 0.25) is 0 Å². The summed E-state index contributed by atoms with van der Waals surface area (Å²) in [5.74, 6) is 5.35. The van der Waals surface area contributed by atoms with Crippen LogP contribution in [0, 0.1) is 11.8 Å². The zero-order valence-electron chi connectivity index (χ0n) is 13.4. The summed E-state index contributed by atoms with van der Waals surface area (Å²) >= 11 is 1.96. The predicted molar refractivity (Wildman–Crippen MR) is 89.2 cm³/mol. The van der Waals surface area contributed by atoms with Crippen LogP contribution < -0.4 is 9.47 Å². The molecule has 118 valence electrons. The fraction of sp³-hybridized carbons (Fsp3) is 0.706. The first-order chi connectivity index (χ1) is 10.3. The maximum absolute atomic E-state index is 5.44. The number of ether oxygens (including phenoxy) is 2. The van der Waals surface area contributed by atoms with Gasteiger partial charge in [0.05, 0.1) is 19.9 Å². The van der Waals surface area contributed by atoms with Crippen molar-refractivity contribution < 1.29 is 9.47 Å². The number of aromatic nitrogens is 1. The Hall–Kier alpha value is -0.900. The molecule has 0 radical (unpaired) electrons. The van der Waals surface area contributed by atoms with Crippen LogP contribution in [0.4, 0.5) is 0 Å². The first-order valence-electron chi connectivity index (χ1n) is 7.89. The summed E-state index contributed by atoms with van der Waals surface area (Å²) in [5.41, 5.74) is 0.984. The highest BCUT2D eigenvalue weighted by molar-refractivity contribution is 7.98. The number of rotatable bonds is 7. The van der Waals surface area contributed by atoms with Gasteiger partial charge in [-0.25, -0.2) is 0 Å². The molecule has 0 bridgehead atoms. The minimum Gasteiger partial charge on any atom is -0.493 e. The van der Waals surface area contributed by atoms with Crippen LogP contribution in [-0.2, 0) is 5.75 Å². The predicted octanol–water partition coefficient (Wildman–Crippen LogP) is 4.55. The first kappa shape index (κ1) is 16.5. The lowest BCUT2D eigenvalue weighted by molar-refractivity contribution is 0.282. The van der Waals surface area contributed by atoms with E-state index in [2.05, 4.69) is 11.9 Å². The van der Waals surface area contributed by atoms with Gasteiger partial charge in [-0.2, -0.15) is 11.8 Å². The third-order valence-corrected chi connectivity index (χ3v) is 5.68. The summed E-state index contributed by atoms with van der Waals surface area (Å²) in [5, 5.41) is 0. The zero-order valence-corrected chi connectivity index (χ0v) is 14.2. The van der Waals surface area contributed by atoms with Crippen molar-refractivity contribution in [3.63, 3.8) is 0 Å². The third-order valence-electron chi connectivity index (χ3n) is 4.44. The molecule has 1 saturated carbocycles. The molecule has 0 aromatic carbocycles. The van der Waals surface area contributed by atoms with Crippen LogP contribution in [0.1, 0.15) is 44.7 Å². The van der Waals surface area contributed by atoms with E-state index in [0.717, 1.165) is 34.8 Å². The number of hydrogen-bond acceptors (Lipinski definition) is 4. The molecule has 1 aromatic rings. The van der Waals surface area contributed by atoms with Crippen molar-refractivity contribution in [3.05, 3.63) is 18.0 Å². The molecule has 0 spiro atoms. The van der Waals surface area contributed by atoms with Gasteiger partial charge in [-0.1, -0.05) is 39.0 Å². The van der Waals surface area contributed by atoms with E-state index in [-0.39, 0.29) is 0 Å². The molecule has 0 amide bonds. The molecular formula is C17H27NO2S. The summed E-state index contributed by atoms with van der Waals surface area (Å²) in [7, 11) is 3.35. The number of hydrogen-bond donors (Lipinski definition) is 0. The fourth-order valence-electron chi connectivity index (χ4n) is 3.13. The lowest BCUT2D eigenvalue weighted by Crippen LogP contribution is -2.17. The molecule has 21 heavy (non-hydrogen) atoms. The Morgan fingerprint density at radius 3 is 2.67 bits per heavy atom. The van der Waals surface area contributed by atoms with Gasteiger partial charge in [-0.05, 0) is 17.6 Å². The molecule has 1 aromatic heterocycles. The molecule has 1 fully saturated rings. The monoisotopic (exact) mass is 309 g/mol. The second-order valence-electron chi connectivity index (χ2n) is 5.88. The van der Waals surface area contributed by atoms with E-state index in [1.807, 2.05) is 17.8 Å². The van der Waals surface area contributed by atoms with E-state index in [9.17, 15) is 0 Å². The number of pyridine rings is 1. The molecule has 4 heteroatoms. The summed E-state index contributed by atoms with van der Waals surface area (Å²) in [6, 6.07) is 1.84. The summed E-state index contributed by atoms with van der Waals surface area (Å²) in [6.45, 7) is 2.40. The van der Waals surface area contributed by atoms with Crippen molar-refractivity contribution in [2.45, 2.75) is 44.8 Å². The van der Waals surface area contributed by atoms with Crippen molar-refractivity contribution >= 4 is 11.8 Å². The quantitative estimate of drug-likeness (QED) is 0.739. The molecule has 1 aliphatic rings. The Morgan fingerprint density at radius 1 is 1.24 bits per heavy atom. The Balaban J connectivity index is 1.85. The molecule has 0 saturated heterocycles. The van der Waals surface area contributed by atoms with Gasteiger partial charge in [0, 0.05) is 18.0 Å². The Bertz CT molecular complexity index is 433. The number of nitrogens with zero attached hydrogens (tertiary/aromatic N) is 1. The fourth-order valence-corrected chi connectivity index (χ4v) is 4.29. The minimum atomic E-state index is 0.767. The lowest BCUT2D eigenvalue weighted by Gasteiger charge is -2.27. The number of methoxy groups -OCH3 is 2. The second kappa shape index (κ2) is 8.52. The highest BCUT2D eigenvalue weighted by Crippen LogP contribution is 2.34. The molecule has 0 aliphatic heterocycles. The van der Waals surface area contributed by atoms with E-state index in [0.29, 0.717) is 0 Å². The topological polar surface area (TPSA) is 31.4 Å². The smallest absolute Gasteiger partial charge is 0.183 e. The minimum absolute atomic E-state index is 0.767. The maximum atomic E-state index is 5.44. The van der Waals surface area contributed by atoms with E-state index < -0.39 is 0 Å². The Labute approximate surface area is 132 Å². The van der Waals surface area contributed by atoms with Crippen molar-refractivity contribution in [1.82, 2.24) is 4.98 Å². The molecule has 1 heterocycles. The van der Waals surface area contributed by atoms with Crippen LogP contribution >= 0.6 is 11.8 Å². The van der Waals surface area contributed by atoms with Gasteiger partial charge in [0.1, 0.15) is 0 Å². The standard InChI is InChI=1S/C17H27NO2S/c1-13(14-7-5-4-6-8-14)11-21-12-15-17(20-3)16(19-2)9-10-18-15/h9-10,13-14H,4-8,11-12H2,1-3H3. The van der Waals surface area contributed by atoms with Crippen molar-refractivity contribution in [2.24, 2.45) is 11.8 Å². The van der Waals surface area contributed by atoms with Crippen LogP contribution in [0.25, 0.3) is 0 Å². The van der Waals surface area contributed by atoms with E-state index in [1.165, 1.54) is 37.9 Å². The first-order valence-corrected chi connectivity index (χ1v) is 9.05. The van der Waals surface area contributed by atoms with Crippen molar-refractivity contribution in [3.8, 4) is 11.5 Å². The van der Waals surface area contributed by atoms with Crippen molar-refractivity contribution in [1.29, 1.82) is 0 Å². The second-order valence-corrected chi connectivity index (χ2v) is 6.91. The van der Waals surface area contributed by atoms with Gasteiger partial charge in [0.15, 0.2) is 11.5 Å². The maximum Gasteiger partial charge on any atom is 0.183 e. The third kappa shape index (κ3) is 4.53. The Kier molecular flexibility index (Phi) is 6.68. The van der Waals surface area contributed by atoms with Gasteiger partial charge in [-0.3, -0.25) is 4.98 Å². The van der Waals surface area contributed by atoms with Crippen LogP contribution in [0.15, 0.2) is 12.3 Å². The SMILES string of the molecule is COc1ccnc(CSCC(C)C2CCCCC2)c1OC. The molecule has 0 N–H and O–H groups in total. The largest absolute Gasteiger partial charge is 0.493 e. The van der Waals surface area contributed by atoms with Crippen molar-refractivity contribution in [2.75, 3.05) is 20.0 Å². The van der Waals surface area contributed by atoms with Crippen LogP contribution in [0.5, 0.6) is 11.5 Å². The van der Waals surface area contributed by atoms with E-state index in [4.69, 9.17) is 9.47 Å².